The van der Waals surface area contributed by atoms with Crippen molar-refractivity contribution in [3.63, 3.8) is 0 Å². The van der Waals surface area contributed by atoms with Gasteiger partial charge >= 0.3 is 5.97 Å². The molecule has 16 heavy (non-hydrogen) atoms. The summed E-state index contributed by atoms with van der Waals surface area (Å²) in [4.78, 5) is 24.2. The lowest BCUT2D eigenvalue weighted by Crippen LogP contribution is -2.38. The van der Waals surface area contributed by atoms with E-state index in [1.54, 1.807) is 4.90 Å². The van der Waals surface area contributed by atoms with Crippen LogP contribution in [0.15, 0.2) is 0 Å². The van der Waals surface area contributed by atoms with E-state index in [1.807, 2.05) is 18.7 Å². The van der Waals surface area contributed by atoms with Crippen LogP contribution < -0.4 is 0 Å². The van der Waals surface area contributed by atoms with Crippen molar-refractivity contribution >= 4 is 23.6 Å². The molecule has 0 aromatic heterocycles. The molecule has 1 saturated heterocycles. The number of aliphatic carboxylic acids is 1. The van der Waals surface area contributed by atoms with Crippen molar-refractivity contribution in [2.75, 3.05) is 24.6 Å². The Morgan fingerprint density at radius 1 is 1.38 bits per heavy atom. The van der Waals surface area contributed by atoms with E-state index < -0.39 is 5.97 Å². The number of hydrogen-bond acceptors (Lipinski definition) is 3. The summed E-state index contributed by atoms with van der Waals surface area (Å²) in [6.07, 6.45) is 1.92. The summed E-state index contributed by atoms with van der Waals surface area (Å²) < 4.78 is 0. The highest BCUT2D eigenvalue weighted by atomic mass is 32.2. The van der Waals surface area contributed by atoms with Crippen LogP contribution in [0.5, 0.6) is 0 Å². The SMILES string of the molecule is CCN(CCC(=O)O)C(=O)C1CCSCC1. The first-order chi connectivity index (χ1) is 7.65. The normalized spacial score (nSPS) is 17.1. The van der Waals surface area contributed by atoms with Gasteiger partial charge in [0.1, 0.15) is 0 Å². The van der Waals surface area contributed by atoms with Gasteiger partial charge in [-0.2, -0.15) is 11.8 Å². The maximum Gasteiger partial charge on any atom is 0.305 e. The van der Waals surface area contributed by atoms with Crippen LogP contribution in [0.4, 0.5) is 0 Å². The van der Waals surface area contributed by atoms with E-state index in [2.05, 4.69) is 0 Å². The van der Waals surface area contributed by atoms with Crippen molar-refractivity contribution in [3.8, 4) is 0 Å². The number of rotatable bonds is 5. The highest BCUT2D eigenvalue weighted by Gasteiger charge is 2.25. The van der Waals surface area contributed by atoms with Gasteiger partial charge < -0.3 is 10.0 Å². The van der Waals surface area contributed by atoms with E-state index in [0.717, 1.165) is 24.3 Å². The highest BCUT2D eigenvalue weighted by molar-refractivity contribution is 7.99. The predicted molar refractivity (Wildman–Crippen MR) is 64.6 cm³/mol. The summed E-state index contributed by atoms with van der Waals surface area (Å²) in [5.74, 6) is 1.52. The van der Waals surface area contributed by atoms with Crippen LogP contribution >= 0.6 is 11.8 Å². The van der Waals surface area contributed by atoms with Gasteiger partial charge in [-0.3, -0.25) is 9.59 Å². The van der Waals surface area contributed by atoms with Gasteiger partial charge in [0.2, 0.25) is 5.91 Å². The minimum atomic E-state index is -0.842. The fourth-order valence-corrected chi connectivity index (χ4v) is 2.96. The van der Waals surface area contributed by atoms with E-state index in [4.69, 9.17) is 5.11 Å². The van der Waals surface area contributed by atoms with Gasteiger partial charge in [0.25, 0.3) is 0 Å². The topological polar surface area (TPSA) is 57.6 Å². The van der Waals surface area contributed by atoms with Crippen molar-refractivity contribution in [2.45, 2.75) is 26.2 Å². The second-order valence-corrected chi connectivity index (χ2v) is 5.17. The molecule has 0 saturated carbocycles. The fourth-order valence-electron chi connectivity index (χ4n) is 1.86. The number of carboxylic acids is 1. The molecule has 92 valence electrons. The summed E-state index contributed by atoms with van der Waals surface area (Å²) in [6, 6.07) is 0. The lowest BCUT2D eigenvalue weighted by atomic mass is 10.0. The van der Waals surface area contributed by atoms with Crippen LogP contribution in [0.1, 0.15) is 26.2 Å². The number of carboxylic acid groups (broad SMARTS) is 1. The first-order valence-corrected chi connectivity index (χ1v) is 6.89. The second kappa shape index (κ2) is 6.78. The van der Waals surface area contributed by atoms with Crippen LogP contribution in [0.2, 0.25) is 0 Å². The maximum atomic E-state index is 12.1. The molecule has 0 aliphatic carbocycles. The minimum absolute atomic E-state index is 0.0427. The molecule has 0 spiro atoms. The van der Waals surface area contributed by atoms with Crippen LogP contribution in [-0.4, -0.2) is 46.5 Å². The molecule has 1 amide bonds. The zero-order valence-electron chi connectivity index (χ0n) is 9.65. The molecule has 0 atom stereocenters. The Morgan fingerprint density at radius 3 is 2.50 bits per heavy atom. The van der Waals surface area contributed by atoms with E-state index in [1.165, 1.54) is 0 Å². The lowest BCUT2D eigenvalue weighted by Gasteiger charge is -2.27. The van der Waals surface area contributed by atoms with E-state index in [9.17, 15) is 9.59 Å². The molecule has 0 radical (unpaired) electrons. The molecule has 1 aliphatic rings. The van der Waals surface area contributed by atoms with E-state index in [-0.39, 0.29) is 18.2 Å². The summed E-state index contributed by atoms with van der Waals surface area (Å²) >= 11 is 1.89. The first-order valence-electron chi connectivity index (χ1n) is 5.73. The quantitative estimate of drug-likeness (QED) is 0.796. The molecule has 0 aromatic carbocycles. The zero-order valence-corrected chi connectivity index (χ0v) is 10.5. The monoisotopic (exact) mass is 245 g/mol. The molecule has 1 rings (SSSR count). The standard InChI is InChI=1S/C11H19NO3S/c1-2-12(6-3-10(13)14)11(15)9-4-7-16-8-5-9/h9H,2-8H2,1H3,(H,13,14). The largest absolute Gasteiger partial charge is 0.481 e. The minimum Gasteiger partial charge on any atom is -0.481 e. The van der Waals surface area contributed by atoms with Crippen LogP contribution in [0, 0.1) is 5.92 Å². The Hall–Kier alpha value is -0.710. The molecule has 1 fully saturated rings. The molecule has 1 aliphatic heterocycles. The zero-order chi connectivity index (χ0) is 12.0. The molecule has 1 N–H and O–H groups in total. The van der Waals surface area contributed by atoms with Crippen molar-refractivity contribution in [1.29, 1.82) is 0 Å². The Bertz CT molecular complexity index is 252. The van der Waals surface area contributed by atoms with Crippen molar-refractivity contribution in [1.82, 2.24) is 4.90 Å². The van der Waals surface area contributed by atoms with Crippen molar-refractivity contribution in [3.05, 3.63) is 0 Å². The maximum absolute atomic E-state index is 12.1. The third kappa shape index (κ3) is 4.04. The Balaban J connectivity index is 2.44. The fraction of sp³-hybridized carbons (Fsp3) is 0.818. The predicted octanol–water partition coefficient (Wildman–Crippen LogP) is 1.45. The number of hydrogen-bond donors (Lipinski definition) is 1. The first kappa shape index (κ1) is 13.4. The van der Waals surface area contributed by atoms with Crippen LogP contribution in [-0.2, 0) is 9.59 Å². The smallest absolute Gasteiger partial charge is 0.305 e. The van der Waals surface area contributed by atoms with Gasteiger partial charge in [-0.1, -0.05) is 0 Å². The second-order valence-electron chi connectivity index (χ2n) is 3.95. The van der Waals surface area contributed by atoms with Gasteiger partial charge in [-0.15, -0.1) is 0 Å². The number of carbonyl (C=O) groups is 2. The summed E-state index contributed by atoms with van der Waals surface area (Å²) in [6.45, 7) is 2.85. The van der Waals surface area contributed by atoms with Gasteiger partial charge in [0.15, 0.2) is 0 Å². The third-order valence-corrected chi connectivity index (χ3v) is 3.91. The summed E-state index contributed by atoms with van der Waals surface area (Å²) in [5, 5.41) is 8.61. The third-order valence-electron chi connectivity index (χ3n) is 2.86. The highest BCUT2D eigenvalue weighted by Crippen LogP contribution is 2.24. The molecule has 5 heteroatoms. The molecular formula is C11H19NO3S. The molecule has 4 nitrogen and oxygen atoms in total. The van der Waals surface area contributed by atoms with Gasteiger partial charge in [0.05, 0.1) is 6.42 Å². The number of nitrogens with zero attached hydrogens (tertiary/aromatic N) is 1. The van der Waals surface area contributed by atoms with Crippen molar-refractivity contribution in [2.24, 2.45) is 5.92 Å². The molecule has 0 unspecified atom stereocenters. The number of carbonyl (C=O) groups excluding carboxylic acids is 1. The number of amides is 1. The Labute approximate surface area is 100 Å². The summed E-state index contributed by atoms with van der Waals surface area (Å²) in [7, 11) is 0. The Kier molecular flexibility index (Phi) is 5.66. The van der Waals surface area contributed by atoms with Crippen molar-refractivity contribution < 1.29 is 14.7 Å². The lowest BCUT2D eigenvalue weighted by molar-refractivity contribution is -0.139. The van der Waals surface area contributed by atoms with Gasteiger partial charge in [-0.05, 0) is 31.3 Å². The van der Waals surface area contributed by atoms with E-state index in [0.29, 0.717) is 13.1 Å². The molecule has 0 aromatic rings. The van der Waals surface area contributed by atoms with E-state index >= 15 is 0 Å². The van der Waals surface area contributed by atoms with Crippen LogP contribution in [0.25, 0.3) is 0 Å². The van der Waals surface area contributed by atoms with Gasteiger partial charge in [0, 0.05) is 19.0 Å². The summed E-state index contributed by atoms with van der Waals surface area (Å²) in [5.41, 5.74) is 0. The average molecular weight is 245 g/mol. The Morgan fingerprint density at radius 2 is 2.00 bits per heavy atom. The molecule has 0 bridgehead atoms. The average Bonchev–Trinajstić information content (AvgIpc) is 2.30. The number of thioether (sulfide) groups is 1. The molecular weight excluding hydrogens is 226 g/mol. The van der Waals surface area contributed by atoms with Crippen LogP contribution in [0.3, 0.4) is 0 Å². The van der Waals surface area contributed by atoms with Gasteiger partial charge in [-0.25, -0.2) is 0 Å². The molecule has 1 heterocycles.